The van der Waals surface area contributed by atoms with Gasteiger partial charge in [0.2, 0.25) is 0 Å². The molecule has 0 atom stereocenters. The molecule has 0 aliphatic heterocycles. The van der Waals surface area contributed by atoms with E-state index in [1.165, 1.54) is 0 Å². The average Bonchev–Trinajstić information content (AvgIpc) is 1.80. The van der Waals surface area contributed by atoms with Crippen molar-refractivity contribution in [2.45, 2.75) is 0 Å². The molecule has 0 amide bonds. The van der Waals surface area contributed by atoms with Crippen molar-refractivity contribution in [3.63, 3.8) is 0 Å². The summed E-state index contributed by atoms with van der Waals surface area (Å²) in [6.07, 6.45) is 0. The van der Waals surface area contributed by atoms with E-state index < -0.39 is 37.5 Å². The van der Waals surface area contributed by atoms with Crippen molar-refractivity contribution in [1.29, 1.82) is 0 Å². The molecule has 0 aliphatic carbocycles. The molecule has 0 aromatic rings. The zero-order chi connectivity index (χ0) is 10.4. The largest absolute Gasteiger partial charge is 1.00 e. The molecule has 9 heteroatoms. The predicted molar refractivity (Wildman–Crippen MR) is 31.5 cm³/mol. The number of carboxylic acid groups (broad SMARTS) is 3. The van der Waals surface area contributed by atoms with Crippen molar-refractivity contribution < 1.29 is 132 Å². The van der Waals surface area contributed by atoms with Crippen LogP contribution in [0.1, 0.15) is 0 Å². The molecule has 0 unspecified atom stereocenters. The Morgan fingerprint density at radius 3 is 1.07 bits per heavy atom. The van der Waals surface area contributed by atoms with Crippen LogP contribution in [0.2, 0.25) is 0 Å². The minimum atomic E-state index is -1.57. The van der Waals surface area contributed by atoms with Gasteiger partial charge in [0.1, 0.15) is 0 Å². The molecule has 0 aliphatic rings. The molecule has 0 radical (unpaired) electrons. The molecule has 7 nitrogen and oxygen atoms in total. The summed E-state index contributed by atoms with van der Waals surface area (Å²) in [7, 11) is 0. The van der Waals surface area contributed by atoms with E-state index >= 15 is 0 Å². The van der Waals surface area contributed by atoms with Crippen molar-refractivity contribution in [3.8, 4) is 0 Å². The minimum absolute atomic E-state index is 0. The Morgan fingerprint density at radius 2 is 0.933 bits per heavy atom. The number of carboxylic acids is 3. The molecular weight excluding hydrogens is 260 g/mol. The van der Waals surface area contributed by atoms with Crippen molar-refractivity contribution >= 4 is 17.9 Å². The van der Waals surface area contributed by atoms with Crippen LogP contribution in [0.5, 0.6) is 0 Å². The summed E-state index contributed by atoms with van der Waals surface area (Å²) in [4.78, 5) is 30.6. The van der Waals surface area contributed by atoms with E-state index in [1.54, 1.807) is 0 Å². The second-order valence-electron chi connectivity index (χ2n) is 2.26. The summed E-state index contributed by atoms with van der Waals surface area (Å²) >= 11 is 0. The first-order chi connectivity index (χ1) is 5.91. The van der Waals surface area contributed by atoms with Crippen molar-refractivity contribution in [1.82, 2.24) is 4.90 Å². The summed E-state index contributed by atoms with van der Waals surface area (Å²) in [5.41, 5.74) is 0. The molecule has 74 valence electrons. The monoisotopic (exact) mass is 266 g/mol. The van der Waals surface area contributed by atoms with E-state index in [4.69, 9.17) is 0 Å². The minimum Gasteiger partial charge on any atom is -0.549 e. The van der Waals surface area contributed by atoms with Crippen molar-refractivity contribution in [2.75, 3.05) is 19.6 Å². The molecule has 0 heterocycles. The second-order valence-corrected chi connectivity index (χ2v) is 2.26. The van der Waals surface area contributed by atoms with Crippen LogP contribution in [0.15, 0.2) is 0 Å². The maximum atomic E-state index is 9.99. The van der Waals surface area contributed by atoms with Gasteiger partial charge in [-0.15, -0.1) is 0 Å². The molecule has 0 spiro atoms. The number of aliphatic carboxylic acids is 3. The van der Waals surface area contributed by atoms with Gasteiger partial charge in [0, 0.05) is 19.6 Å². The van der Waals surface area contributed by atoms with Gasteiger partial charge in [0.05, 0.1) is 17.9 Å². The van der Waals surface area contributed by atoms with Crippen LogP contribution >= 0.6 is 0 Å². The van der Waals surface area contributed by atoms with Crippen LogP contribution in [0.4, 0.5) is 0 Å². The number of nitrogens with zero attached hydrogens (tertiary/aromatic N) is 1. The topological polar surface area (TPSA) is 124 Å². The third-order valence-electron chi connectivity index (χ3n) is 1.06. The first-order valence-corrected chi connectivity index (χ1v) is 3.23. The normalized spacial score (nSPS) is 8.60. The van der Waals surface area contributed by atoms with E-state index in [2.05, 4.69) is 0 Å². The predicted octanol–water partition coefficient (Wildman–Crippen LogP) is -11.5. The molecule has 15 heavy (non-hydrogen) atoms. The number of rotatable bonds is 6. The summed E-state index contributed by atoms with van der Waals surface area (Å²) in [5.74, 6) is -4.70. The van der Waals surface area contributed by atoms with Gasteiger partial charge in [-0.1, -0.05) is 0 Å². The van der Waals surface area contributed by atoms with Crippen LogP contribution in [-0.4, -0.2) is 42.4 Å². The van der Waals surface area contributed by atoms with Gasteiger partial charge in [-0.05, 0) is 0 Å². The second kappa shape index (κ2) is 12.1. The van der Waals surface area contributed by atoms with Crippen LogP contribution in [0, 0.1) is 0 Å². The molecule has 0 aromatic carbocycles. The standard InChI is InChI=1S/C6H9NO6.2K/c8-4(9)1-7(2-5(10)11)3-6(12)13;;/h1-3H2,(H,8,9)(H,10,11)(H,12,13);;/q;2*+1/p-3. The van der Waals surface area contributed by atoms with E-state index in [-0.39, 0.29) is 103 Å². The van der Waals surface area contributed by atoms with Crippen molar-refractivity contribution in [3.05, 3.63) is 0 Å². The van der Waals surface area contributed by atoms with Gasteiger partial charge in [-0.2, -0.15) is 0 Å². The summed E-state index contributed by atoms with van der Waals surface area (Å²) in [6, 6.07) is 0. The maximum Gasteiger partial charge on any atom is 1.00 e. The summed E-state index contributed by atoms with van der Waals surface area (Å²) in [5, 5.41) is 30.0. The molecule has 0 aromatic heterocycles. The Morgan fingerprint density at radius 1 is 0.733 bits per heavy atom. The van der Waals surface area contributed by atoms with Crippen LogP contribution in [0.3, 0.4) is 0 Å². The zero-order valence-corrected chi connectivity index (χ0v) is 14.8. The SMILES string of the molecule is O=C([O-])CN(CC(=O)[O-])CC(=O)[O-].[K+].[K+]. The van der Waals surface area contributed by atoms with Crippen LogP contribution in [-0.2, 0) is 14.4 Å². The third-order valence-corrected chi connectivity index (χ3v) is 1.06. The molecule has 0 rings (SSSR count). The Labute approximate surface area is 171 Å². The fourth-order valence-corrected chi connectivity index (χ4v) is 0.715. The first kappa shape index (κ1) is 21.9. The molecule has 0 saturated heterocycles. The zero-order valence-electron chi connectivity index (χ0n) is 8.52. The van der Waals surface area contributed by atoms with E-state index in [9.17, 15) is 29.7 Å². The molecule has 0 N–H and O–H groups in total. The molecule has 0 bridgehead atoms. The van der Waals surface area contributed by atoms with Gasteiger partial charge in [0.25, 0.3) is 0 Å². The van der Waals surface area contributed by atoms with Gasteiger partial charge in [-0.25, -0.2) is 0 Å². The molecule has 0 saturated carbocycles. The number of carbonyl (C=O) groups excluding carboxylic acids is 3. The number of hydrogen-bond donors (Lipinski definition) is 0. The Balaban J connectivity index is -0.000000720. The first-order valence-electron chi connectivity index (χ1n) is 3.23. The van der Waals surface area contributed by atoms with Crippen LogP contribution in [0.25, 0.3) is 0 Å². The van der Waals surface area contributed by atoms with Gasteiger partial charge in [0.15, 0.2) is 0 Å². The number of carbonyl (C=O) groups is 3. The van der Waals surface area contributed by atoms with E-state index in [0.717, 1.165) is 0 Å². The van der Waals surface area contributed by atoms with E-state index in [0.29, 0.717) is 4.90 Å². The fraction of sp³-hybridized carbons (Fsp3) is 0.500. The number of hydrogen-bond acceptors (Lipinski definition) is 7. The van der Waals surface area contributed by atoms with Gasteiger partial charge >= 0.3 is 103 Å². The average molecular weight is 266 g/mol. The molecule has 0 fully saturated rings. The van der Waals surface area contributed by atoms with Crippen molar-refractivity contribution in [2.24, 2.45) is 0 Å². The van der Waals surface area contributed by atoms with Gasteiger partial charge < -0.3 is 29.7 Å². The Hall–Kier alpha value is 1.64. The summed E-state index contributed by atoms with van der Waals surface area (Å²) < 4.78 is 0. The molecular formula is C6H6K2NO6-. The third kappa shape index (κ3) is 15.6. The summed E-state index contributed by atoms with van der Waals surface area (Å²) in [6.45, 7) is -2.37. The maximum absolute atomic E-state index is 9.99. The van der Waals surface area contributed by atoms with Gasteiger partial charge in [-0.3, -0.25) is 4.90 Å². The smallest absolute Gasteiger partial charge is 0.549 e. The Bertz CT molecular complexity index is 196. The van der Waals surface area contributed by atoms with Crippen LogP contribution < -0.4 is 118 Å². The Kier molecular flexibility index (Phi) is 17.7. The quantitative estimate of drug-likeness (QED) is 0.437. The van der Waals surface area contributed by atoms with E-state index in [1.807, 2.05) is 0 Å². The fourth-order valence-electron chi connectivity index (χ4n) is 0.715.